The third kappa shape index (κ3) is 3.08. The first-order valence-corrected chi connectivity index (χ1v) is 9.38. The molecular formula is C15H20N4O3S. The molecule has 1 atom stereocenters. The monoisotopic (exact) mass is 336 g/mol. The fourth-order valence-electron chi connectivity index (χ4n) is 3.03. The van der Waals surface area contributed by atoms with E-state index in [1.165, 1.54) is 0 Å². The lowest BCUT2D eigenvalue weighted by Crippen LogP contribution is -2.30. The summed E-state index contributed by atoms with van der Waals surface area (Å²) in [5, 5.41) is 8.01. The minimum absolute atomic E-state index is 0.000995. The maximum Gasteiger partial charge on any atom is 0.253 e. The highest BCUT2D eigenvalue weighted by molar-refractivity contribution is 7.91. The first-order valence-electron chi connectivity index (χ1n) is 7.56. The van der Waals surface area contributed by atoms with E-state index in [1.807, 2.05) is 14.0 Å². The summed E-state index contributed by atoms with van der Waals surface area (Å²) in [6, 6.07) is 1.81. The number of nitrogens with one attached hydrogen (secondary N) is 1. The van der Waals surface area contributed by atoms with Crippen LogP contribution < -0.4 is 5.32 Å². The second-order valence-corrected chi connectivity index (χ2v) is 8.41. The molecule has 1 unspecified atom stereocenters. The number of carbonyl (C=O) groups excluding carboxylic acids is 1. The number of aromatic nitrogens is 3. The van der Waals surface area contributed by atoms with Gasteiger partial charge in [0.1, 0.15) is 0 Å². The van der Waals surface area contributed by atoms with Gasteiger partial charge in [-0.05, 0) is 32.3 Å². The minimum Gasteiger partial charge on any atom is -0.352 e. The molecule has 0 spiro atoms. The van der Waals surface area contributed by atoms with Crippen molar-refractivity contribution in [3.8, 4) is 0 Å². The number of nitrogens with zero attached hydrogens (tertiary/aromatic N) is 3. The van der Waals surface area contributed by atoms with Crippen molar-refractivity contribution in [2.24, 2.45) is 13.0 Å². The average molecular weight is 336 g/mol. The first kappa shape index (κ1) is 15.9. The molecule has 1 saturated heterocycles. The Hall–Kier alpha value is -1.96. The maximum atomic E-state index is 12.4. The lowest BCUT2D eigenvalue weighted by molar-refractivity contribution is 0.0947. The van der Waals surface area contributed by atoms with Crippen molar-refractivity contribution in [3.05, 3.63) is 23.0 Å². The summed E-state index contributed by atoms with van der Waals surface area (Å²) in [4.78, 5) is 16.9. The summed E-state index contributed by atoms with van der Waals surface area (Å²) in [6.07, 6.45) is 0.612. The molecule has 1 N–H and O–H groups in total. The van der Waals surface area contributed by atoms with E-state index >= 15 is 0 Å². The number of hydrogen-bond acceptors (Lipinski definition) is 5. The summed E-state index contributed by atoms with van der Waals surface area (Å²) < 4.78 is 24.6. The molecule has 23 heavy (non-hydrogen) atoms. The van der Waals surface area contributed by atoms with Gasteiger partial charge < -0.3 is 5.32 Å². The van der Waals surface area contributed by atoms with Crippen LogP contribution in [0.3, 0.4) is 0 Å². The third-order valence-corrected chi connectivity index (χ3v) is 6.15. The molecule has 1 aliphatic heterocycles. The quantitative estimate of drug-likeness (QED) is 0.892. The van der Waals surface area contributed by atoms with Gasteiger partial charge >= 0.3 is 0 Å². The topological polar surface area (TPSA) is 93.9 Å². The highest BCUT2D eigenvalue weighted by Crippen LogP contribution is 2.20. The van der Waals surface area contributed by atoms with Crippen LogP contribution in [0.4, 0.5) is 0 Å². The Kier molecular flexibility index (Phi) is 3.87. The molecule has 1 amide bonds. The average Bonchev–Trinajstić information content (AvgIpc) is 2.95. The van der Waals surface area contributed by atoms with Crippen molar-refractivity contribution in [2.75, 3.05) is 18.1 Å². The predicted octanol–water partition coefficient (Wildman–Crippen LogP) is 0.750. The van der Waals surface area contributed by atoms with E-state index in [0.29, 0.717) is 24.2 Å². The number of hydrogen-bond donors (Lipinski definition) is 1. The number of pyridine rings is 1. The van der Waals surface area contributed by atoms with Crippen molar-refractivity contribution >= 4 is 26.8 Å². The molecule has 124 valence electrons. The Morgan fingerprint density at radius 2 is 2.13 bits per heavy atom. The lowest BCUT2D eigenvalue weighted by atomic mass is 10.1. The molecule has 3 rings (SSSR count). The van der Waals surface area contributed by atoms with Gasteiger partial charge in [0.25, 0.3) is 5.91 Å². The summed E-state index contributed by atoms with van der Waals surface area (Å²) in [7, 11) is -1.10. The molecule has 1 aliphatic rings. The smallest absolute Gasteiger partial charge is 0.253 e. The van der Waals surface area contributed by atoms with Crippen LogP contribution in [0.15, 0.2) is 6.07 Å². The second-order valence-electron chi connectivity index (χ2n) is 6.18. The largest absolute Gasteiger partial charge is 0.352 e. The Bertz CT molecular complexity index is 886. The van der Waals surface area contributed by atoms with Crippen LogP contribution in [-0.4, -0.2) is 47.1 Å². The van der Waals surface area contributed by atoms with Crippen LogP contribution in [0.5, 0.6) is 0 Å². The number of fused-ring (bicyclic) bond motifs is 1. The zero-order chi connectivity index (χ0) is 16.8. The van der Waals surface area contributed by atoms with Gasteiger partial charge in [-0.1, -0.05) is 0 Å². The van der Waals surface area contributed by atoms with E-state index < -0.39 is 9.84 Å². The van der Waals surface area contributed by atoms with Gasteiger partial charge in [-0.3, -0.25) is 9.48 Å². The van der Waals surface area contributed by atoms with E-state index in [0.717, 1.165) is 16.7 Å². The Labute approximate surface area is 135 Å². The standard InChI is InChI=1S/C15H20N4O3S/c1-9-13(6-12-10(2)18-19(3)14(12)17-9)15(20)16-7-11-4-5-23(21,22)8-11/h6,11H,4-5,7-8H2,1-3H3,(H,16,20). The minimum atomic E-state index is -2.92. The molecular weight excluding hydrogens is 316 g/mol. The van der Waals surface area contributed by atoms with Crippen molar-refractivity contribution in [1.82, 2.24) is 20.1 Å². The Morgan fingerprint density at radius 1 is 1.39 bits per heavy atom. The zero-order valence-electron chi connectivity index (χ0n) is 13.5. The molecule has 1 fully saturated rings. The Balaban J connectivity index is 1.78. The maximum absolute atomic E-state index is 12.4. The number of sulfone groups is 1. The van der Waals surface area contributed by atoms with E-state index in [9.17, 15) is 13.2 Å². The van der Waals surface area contributed by atoms with Crippen LogP contribution in [0.25, 0.3) is 11.0 Å². The van der Waals surface area contributed by atoms with Gasteiger partial charge in [-0.15, -0.1) is 0 Å². The van der Waals surface area contributed by atoms with Crippen molar-refractivity contribution in [3.63, 3.8) is 0 Å². The normalized spacial score (nSPS) is 20.0. The van der Waals surface area contributed by atoms with E-state index in [1.54, 1.807) is 17.7 Å². The first-order chi connectivity index (χ1) is 10.8. The van der Waals surface area contributed by atoms with Gasteiger partial charge in [-0.2, -0.15) is 5.10 Å². The fraction of sp³-hybridized carbons (Fsp3) is 0.533. The zero-order valence-corrected chi connectivity index (χ0v) is 14.3. The molecule has 0 bridgehead atoms. The molecule has 0 aliphatic carbocycles. The lowest BCUT2D eigenvalue weighted by Gasteiger charge is -2.11. The number of aryl methyl sites for hydroxylation is 3. The number of carbonyl (C=O) groups is 1. The number of amides is 1. The molecule has 2 aromatic heterocycles. The molecule has 0 saturated carbocycles. The van der Waals surface area contributed by atoms with Gasteiger partial charge in [0, 0.05) is 19.0 Å². The second kappa shape index (κ2) is 5.59. The Morgan fingerprint density at radius 3 is 2.78 bits per heavy atom. The van der Waals surface area contributed by atoms with Crippen molar-refractivity contribution in [1.29, 1.82) is 0 Å². The van der Waals surface area contributed by atoms with Crippen LogP contribution >= 0.6 is 0 Å². The van der Waals surface area contributed by atoms with Crippen LogP contribution in [0.2, 0.25) is 0 Å². The van der Waals surface area contributed by atoms with Gasteiger partial charge in [0.05, 0.1) is 28.5 Å². The molecule has 7 nitrogen and oxygen atoms in total. The SMILES string of the molecule is Cc1nc2c(cc1C(=O)NCC1CCS(=O)(=O)C1)c(C)nn2C. The van der Waals surface area contributed by atoms with Crippen LogP contribution in [-0.2, 0) is 16.9 Å². The summed E-state index contributed by atoms with van der Waals surface area (Å²) >= 11 is 0. The predicted molar refractivity (Wildman–Crippen MR) is 87.1 cm³/mol. The van der Waals surface area contributed by atoms with E-state index in [2.05, 4.69) is 15.4 Å². The highest BCUT2D eigenvalue weighted by Gasteiger charge is 2.28. The fourth-order valence-corrected chi connectivity index (χ4v) is 4.89. The molecule has 0 aromatic carbocycles. The van der Waals surface area contributed by atoms with Gasteiger partial charge in [0.15, 0.2) is 15.5 Å². The summed E-state index contributed by atoms with van der Waals surface area (Å²) in [6.45, 7) is 4.04. The highest BCUT2D eigenvalue weighted by atomic mass is 32.2. The van der Waals surface area contributed by atoms with E-state index in [-0.39, 0.29) is 23.3 Å². The molecule has 8 heteroatoms. The van der Waals surface area contributed by atoms with Gasteiger partial charge in [-0.25, -0.2) is 13.4 Å². The summed E-state index contributed by atoms with van der Waals surface area (Å²) in [5.41, 5.74) is 2.72. The molecule has 2 aromatic rings. The van der Waals surface area contributed by atoms with Crippen LogP contribution in [0.1, 0.15) is 28.2 Å². The van der Waals surface area contributed by atoms with Gasteiger partial charge in [0.2, 0.25) is 0 Å². The van der Waals surface area contributed by atoms with Crippen LogP contribution in [0, 0.1) is 19.8 Å². The van der Waals surface area contributed by atoms with E-state index in [4.69, 9.17) is 0 Å². The third-order valence-electron chi connectivity index (χ3n) is 4.31. The van der Waals surface area contributed by atoms with Crippen molar-refractivity contribution < 1.29 is 13.2 Å². The molecule has 3 heterocycles. The summed E-state index contributed by atoms with van der Waals surface area (Å²) in [5.74, 6) is 0.158. The van der Waals surface area contributed by atoms with Crippen molar-refractivity contribution in [2.45, 2.75) is 20.3 Å². The number of rotatable bonds is 3. The molecule has 0 radical (unpaired) electrons.